The number of nitrogens with zero attached hydrogens (tertiary/aromatic N) is 2. The molecule has 1 N–H and O–H groups in total. The van der Waals surface area contributed by atoms with Crippen molar-refractivity contribution in [3.8, 4) is 5.88 Å². The van der Waals surface area contributed by atoms with Gasteiger partial charge < -0.3 is 10.1 Å². The summed E-state index contributed by atoms with van der Waals surface area (Å²) in [6.45, 7) is 1.80. The number of anilines is 1. The van der Waals surface area contributed by atoms with Crippen molar-refractivity contribution in [3.63, 3.8) is 0 Å². The zero-order valence-electron chi connectivity index (χ0n) is 9.68. The highest BCUT2D eigenvalue weighted by atomic mass is 16.5. The molecule has 0 saturated carbocycles. The van der Waals surface area contributed by atoms with Gasteiger partial charge in [-0.25, -0.2) is 4.79 Å². The molecule has 1 amide bonds. The summed E-state index contributed by atoms with van der Waals surface area (Å²) in [7, 11) is 1.50. The van der Waals surface area contributed by atoms with Gasteiger partial charge in [0.25, 0.3) is 0 Å². The molecule has 2 aromatic rings. The van der Waals surface area contributed by atoms with Crippen molar-refractivity contribution in [1.82, 2.24) is 9.78 Å². The van der Waals surface area contributed by atoms with E-state index in [4.69, 9.17) is 4.74 Å². The van der Waals surface area contributed by atoms with Crippen LogP contribution >= 0.6 is 0 Å². The molecule has 0 fully saturated rings. The molecule has 0 aliphatic carbocycles. The summed E-state index contributed by atoms with van der Waals surface area (Å²) < 4.78 is 6.26. The predicted molar refractivity (Wildman–Crippen MR) is 64.4 cm³/mol. The highest BCUT2D eigenvalue weighted by Gasteiger charge is 2.13. The first kappa shape index (κ1) is 11.2. The number of hydrogen-bond donors (Lipinski definition) is 1. The molecule has 1 aromatic carbocycles. The number of aromatic nitrogens is 2. The Morgan fingerprint density at radius 3 is 2.71 bits per heavy atom. The van der Waals surface area contributed by atoms with Crippen molar-refractivity contribution in [3.05, 3.63) is 42.1 Å². The van der Waals surface area contributed by atoms with Crippen LogP contribution in [0.25, 0.3) is 0 Å². The van der Waals surface area contributed by atoms with E-state index in [1.807, 2.05) is 18.2 Å². The van der Waals surface area contributed by atoms with Gasteiger partial charge in [-0.15, -0.1) is 4.68 Å². The lowest BCUT2D eigenvalue weighted by Crippen LogP contribution is -2.21. The summed E-state index contributed by atoms with van der Waals surface area (Å²) in [5.41, 5.74) is 1.44. The van der Waals surface area contributed by atoms with Gasteiger partial charge in [-0.2, -0.15) is 5.10 Å². The smallest absolute Gasteiger partial charge is 0.349 e. The normalized spacial score (nSPS) is 10.0. The molecule has 5 heteroatoms. The van der Waals surface area contributed by atoms with Gasteiger partial charge in [0.1, 0.15) is 0 Å². The Hall–Kier alpha value is -2.30. The van der Waals surface area contributed by atoms with Crippen molar-refractivity contribution >= 4 is 11.7 Å². The topological polar surface area (TPSA) is 56.2 Å². The van der Waals surface area contributed by atoms with Gasteiger partial charge >= 0.3 is 6.03 Å². The summed E-state index contributed by atoms with van der Waals surface area (Å²) in [4.78, 5) is 11.9. The molecule has 2 rings (SSSR count). The van der Waals surface area contributed by atoms with Crippen LogP contribution < -0.4 is 10.1 Å². The van der Waals surface area contributed by atoms with E-state index in [0.29, 0.717) is 11.6 Å². The lowest BCUT2D eigenvalue weighted by atomic mass is 10.3. The van der Waals surface area contributed by atoms with Crippen molar-refractivity contribution in [2.24, 2.45) is 0 Å². The number of hydrogen-bond acceptors (Lipinski definition) is 3. The second-order valence-corrected chi connectivity index (χ2v) is 3.54. The summed E-state index contributed by atoms with van der Waals surface area (Å²) in [6.07, 6.45) is 0. The van der Waals surface area contributed by atoms with Gasteiger partial charge in [-0.05, 0) is 19.1 Å². The van der Waals surface area contributed by atoms with Crippen LogP contribution in [0.3, 0.4) is 0 Å². The molecule has 0 aliphatic rings. The Morgan fingerprint density at radius 1 is 1.35 bits per heavy atom. The van der Waals surface area contributed by atoms with E-state index in [-0.39, 0.29) is 6.03 Å². The first-order valence-corrected chi connectivity index (χ1v) is 5.18. The molecule has 0 aliphatic heterocycles. The predicted octanol–water partition coefficient (Wildman–Crippen LogP) is 2.28. The highest BCUT2D eigenvalue weighted by Crippen LogP contribution is 2.13. The van der Waals surface area contributed by atoms with E-state index >= 15 is 0 Å². The maximum atomic E-state index is 11.9. The van der Waals surface area contributed by atoms with Crippen molar-refractivity contribution in [1.29, 1.82) is 0 Å². The fourth-order valence-electron chi connectivity index (χ4n) is 1.46. The number of aryl methyl sites for hydroxylation is 1. The number of benzene rings is 1. The Bertz CT molecular complexity index is 520. The quantitative estimate of drug-likeness (QED) is 0.862. The van der Waals surface area contributed by atoms with Crippen molar-refractivity contribution in [2.75, 3.05) is 12.4 Å². The third-order valence-electron chi connectivity index (χ3n) is 2.23. The molecule has 0 bridgehead atoms. The molecular formula is C12H13N3O2. The number of nitrogens with one attached hydrogen (secondary N) is 1. The van der Waals surface area contributed by atoms with Crippen LogP contribution in [-0.4, -0.2) is 22.9 Å². The van der Waals surface area contributed by atoms with Crippen LogP contribution in [0.15, 0.2) is 36.4 Å². The minimum atomic E-state index is -0.346. The Morgan fingerprint density at radius 2 is 2.06 bits per heavy atom. The average molecular weight is 231 g/mol. The van der Waals surface area contributed by atoms with Crippen LogP contribution in [0, 0.1) is 6.92 Å². The third kappa shape index (κ3) is 2.44. The van der Waals surface area contributed by atoms with Gasteiger partial charge in [0.15, 0.2) is 0 Å². The minimum absolute atomic E-state index is 0.346. The Labute approximate surface area is 99.0 Å². The monoisotopic (exact) mass is 231 g/mol. The van der Waals surface area contributed by atoms with E-state index in [2.05, 4.69) is 10.4 Å². The van der Waals surface area contributed by atoms with E-state index < -0.39 is 0 Å². The molecule has 5 nitrogen and oxygen atoms in total. The zero-order valence-corrected chi connectivity index (χ0v) is 9.68. The second kappa shape index (κ2) is 4.69. The van der Waals surface area contributed by atoms with Gasteiger partial charge in [-0.1, -0.05) is 18.2 Å². The number of carbonyl (C=O) groups is 1. The SMILES string of the molecule is COc1cc(C)nn1C(=O)Nc1ccccc1. The molecule has 1 aromatic heterocycles. The second-order valence-electron chi connectivity index (χ2n) is 3.54. The number of para-hydroxylation sites is 1. The molecule has 1 heterocycles. The summed E-state index contributed by atoms with van der Waals surface area (Å²) >= 11 is 0. The molecule has 0 atom stereocenters. The Balaban J connectivity index is 2.20. The number of ether oxygens (including phenoxy) is 1. The van der Waals surface area contributed by atoms with Crippen LogP contribution in [0.1, 0.15) is 5.69 Å². The lowest BCUT2D eigenvalue weighted by molar-refractivity contribution is 0.246. The summed E-state index contributed by atoms with van der Waals surface area (Å²) in [5, 5.41) is 6.78. The van der Waals surface area contributed by atoms with Crippen molar-refractivity contribution in [2.45, 2.75) is 6.92 Å². The third-order valence-corrected chi connectivity index (χ3v) is 2.23. The first-order valence-electron chi connectivity index (χ1n) is 5.18. The van der Waals surface area contributed by atoms with E-state index in [1.165, 1.54) is 11.8 Å². The van der Waals surface area contributed by atoms with Gasteiger partial charge in [0.2, 0.25) is 5.88 Å². The van der Waals surface area contributed by atoms with Crippen LogP contribution in [-0.2, 0) is 0 Å². The average Bonchev–Trinajstić information content (AvgIpc) is 2.72. The fraction of sp³-hybridized carbons (Fsp3) is 0.167. The first-order chi connectivity index (χ1) is 8.20. The van der Waals surface area contributed by atoms with Gasteiger partial charge in [-0.3, -0.25) is 0 Å². The fourth-order valence-corrected chi connectivity index (χ4v) is 1.46. The number of carbonyl (C=O) groups excluding carboxylic acids is 1. The Kier molecular flexibility index (Phi) is 3.09. The van der Waals surface area contributed by atoms with E-state index in [0.717, 1.165) is 5.69 Å². The lowest BCUT2D eigenvalue weighted by Gasteiger charge is -2.06. The molecule has 17 heavy (non-hydrogen) atoms. The standard InChI is InChI=1S/C12H13N3O2/c1-9-8-11(17-2)15(14-9)12(16)13-10-6-4-3-5-7-10/h3-8H,1-2H3,(H,13,16). The summed E-state index contributed by atoms with van der Waals surface area (Å²) in [5.74, 6) is 0.413. The minimum Gasteiger partial charge on any atom is -0.481 e. The molecule has 0 saturated heterocycles. The maximum Gasteiger partial charge on any atom is 0.349 e. The number of methoxy groups -OCH3 is 1. The van der Waals surface area contributed by atoms with E-state index in [1.54, 1.807) is 25.1 Å². The highest BCUT2D eigenvalue weighted by molar-refractivity contribution is 5.91. The van der Waals surface area contributed by atoms with Crippen LogP contribution in [0.5, 0.6) is 5.88 Å². The van der Waals surface area contributed by atoms with Crippen LogP contribution in [0.2, 0.25) is 0 Å². The molecule has 0 spiro atoms. The zero-order chi connectivity index (χ0) is 12.3. The van der Waals surface area contributed by atoms with Gasteiger partial charge in [0, 0.05) is 11.8 Å². The maximum absolute atomic E-state index is 11.9. The molecular weight excluding hydrogens is 218 g/mol. The number of amides is 1. The largest absolute Gasteiger partial charge is 0.481 e. The van der Waals surface area contributed by atoms with Gasteiger partial charge in [0.05, 0.1) is 12.8 Å². The molecule has 0 unspecified atom stereocenters. The van der Waals surface area contributed by atoms with E-state index in [9.17, 15) is 4.79 Å². The molecule has 88 valence electrons. The van der Waals surface area contributed by atoms with Crippen LogP contribution in [0.4, 0.5) is 10.5 Å². The van der Waals surface area contributed by atoms with Crippen molar-refractivity contribution < 1.29 is 9.53 Å². The number of rotatable bonds is 2. The molecule has 0 radical (unpaired) electrons. The summed E-state index contributed by atoms with van der Waals surface area (Å²) in [6, 6.07) is 10.5.